The van der Waals surface area contributed by atoms with Gasteiger partial charge in [0.05, 0.1) is 5.02 Å². The fourth-order valence-corrected chi connectivity index (χ4v) is 2.30. The molecule has 0 heterocycles. The molecule has 0 amide bonds. The van der Waals surface area contributed by atoms with Crippen LogP contribution in [0.25, 0.3) is 0 Å². The Balaban J connectivity index is 3.36. The lowest BCUT2D eigenvalue weighted by Crippen LogP contribution is -1.86. The predicted molar refractivity (Wildman–Crippen MR) is 54.6 cm³/mol. The van der Waals surface area contributed by atoms with E-state index in [-0.39, 0.29) is 0 Å². The zero-order valence-electron chi connectivity index (χ0n) is 5.27. The first-order valence-corrected chi connectivity index (χ1v) is 4.58. The number of hydrogen-bond donors (Lipinski definition) is 0. The SMILES string of the molecule is O=Cc1c(Cl)cc(Cl)cc1I. The van der Waals surface area contributed by atoms with Crippen molar-refractivity contribution in [2.75, 3.05) is 0 Å². The van der Waals surface area contributed by atoms with Gasteiger partial charge in [0.2, 0.25) is 0 Å². The Hall–Kier alpha value is 0.200. The summed E-state index contributed by atoms with van der Waals surface area (Å²) in [6.07, 6.45) is 0.723. The maximum atomic E-state index is 10.4. The lowest BCUT2D eigenvalue weighted by Gasteiger charge is -1.99. The summed E-state index contributed by atoms with van der Waals surface area (Å²) in [7, 11) is 0. The third-order valence-electron chi connectivity index (χ3n) is 1.16. The summed E-state index contributed by atoms with van der Waals surface area (Å²) in [4.78, 5) is 10.4. The summed E-state index contributed by atoms with van der Waals surface area (Å²) in [5.74, 6) is 0. The number of benzene rings is 1. The van der Waals surface area contributed by atoms with Crippen LogP contribution in [0.15, 0.2) is 12.1 Å². The largest absolute Gasteiger partial charge is 0.298 e. The molecule has 58 valence electrons. The van der Waals surface area contributed by atoms with E-state index in [0.29, 0.717) is 15.6 Å². The molecule has 0 aliphatic carbocycles. The van der Waals surface area contributed by atoms with Crippen molar-refractivity contribution in [1.82, 2.24) is 0 Å². The van der Waals surface area contributed by atoms with Crippen LogP contribution in [-0.2, 0) is 0 Å². The van der Waals surface area contributed by atoms with Gasteiger partial charge in [-0.15, -0.1) is 0 Å². The smallest absolute Gasteiger partial charge is 0.152 e. The summed E-state index contributed by atoms with van der Waals surface area (Å²) >= 11 is 13.4. The highest BCUT2D eigenvalue weighted by Gasteiger charge is 2.04. The fourth-order valence-electron chi connectivity index (χ4n) is 0.666. The standard InChI is InChI=1S/C7H3Cl2IO/c8-4-1-6(9)5(3-11)7(10)2-4/h1-3H. The van der Waals surface area contributed by atoms with Crippen molar-refractivity contribution in [3.05, 3.63) is 31.3 Å². The third kappa shape index (κ3) is 2.07. The van der Waals surface area contributed by atoms with E-state index in [9.17, 15) is 4.79 Å². The van der Waals surface area contributed by atoms with Crippen molar-refractivity contribution >= 4 is 52.1 Å². The number of hydrogen-bond acceptors (Lipinski definition) is 1. The van der Waals surface area contributed by atoms with Crippen molar-refractivity contribution in [3.8, 4) is 0 Å². The van der Waals surface area contributed by atoms with Crippen LogP contribution < -0.4 is 0 Å². The highest BCUT2D eigenvalue weighted by molar-refractivity contribution is 14.1. The molecule has 1 rings (SSSR count). The molecule has 1 aromatic carbocycles. The molecule has 11 heavy (non-hydrogen) atoms. The Morgan fingerprint density at radius 3 is 2.45 bits per heavy atom. The summed E-state index contributed by atoms with van der Waals surface area (Å²) in [6, 6.07) is 3.24. The van der Waals surface area contributed by atoms with Gasteiger partial charge in [-0.25, -0.2) is 0 Å². The zero-order chi connectivity index (χ0) is 8.43. The lowest BCUT2D eigenvalue weighted by atomic mass is 10.2. The molecule has 0 unspecified atom stereocenters. The van der Waals surface area contributed by atoms with Crippen molar-refractivity contribution in [3.63, 3.8) is 0 Å². The molecule has 0 aromatic heterocycles. The fraction of sp³-hybridized carbons (Fsp3) is 0. The highest BCUT2D eigenvalue weighted by Crippen LogP contribution is 2.24. The molecule has 4 heteroatoms. The van der Waals surface area contributed by atoms with Crippen LogP contribution in [0.1, 0.15) is 10.4 Å². The molecule has 0 spiro atoms. The summed E-state index contributed by atoms with van der Waals surface area (Å²) in [5, 5.41) is 0.946. The van der Waals surface area contributed by atoms with Gasteiger partial charge in [-0.3, -0.25) is 4.79 Å². The van der Waals surface area contributed by atoms with E-state index in [1.165, 1.54) is 0 Å². The van der Waals surface area contributed by atoms with E-state index in [1.807, 2.05) is 22.6 Å². The van der Waals surface area contributed by atoms with Crippen LogP contribution in [0.2, 0.25) is 10.0 Å². The summed E-state index contributed by atoms with van der Waals surface area (Å²) < 4.78 is 0.773. The van der Waals surface area contributed by atoms with E-state index in [1.54, 1.807) is 12.1 Å². The number of carbonyl (C=O) groups excluding carboxylic acids is 1. The maximum absolute atomic E-state index is 10.4. The topological polar surface area (TPSA) is 17.1 Å². The second-order valence-electron chi connectivity index (χ2n) is 1.90. The molecular formula is C7H3Cl2IO. The van der Waals surface area contributed by atoms with Gasteiger partial charge in [0.15, 0.2) is 6.29 Å². The maximum Gasteiger partial charge on any atom is 0.152 e. The van der Waals surface area contributed by atoms with Crippen LogP contribution in [0.5, 0.6) is 0 Å². The second kappa shape index (κ2) is 3.74. The van der Waals surface area contributed by atoms with Crippen LogP contribution in [0.4, 0.5) is 0 Å². The van der Waals surface area contributed by atoms with Gasteiger partial charge in [-0.2, -0.15) is 0 Å². The van der Waals surface area contributed by atoms with Crippen LogP contribution in [0, 0.1) is 3.57 Å². The average molecular weight is 301 g/mol. The van der Waals surface area contributed by atoms with Gasteiger partial charge in [0.25, 0.3) is 0 Å². The molecule has 0 atom stereocenters. The van der Waals surface area contributed by atoms with Crippen molar-refractivity contribution in [1.29, 1.82) is 0 Å². The minimum atomic E-state index is 0.400. The van der Waals surface area contributed by atoms with E-state index in [2.05, 4.69) is 0 Å². The Bertz CT molecular complexity index is 275. The second-order valence-corrected chi connectivity index (χ2v) is 3.91. The number of rotatable bonds is 1. The van der Waals surface area contributed by atoms with Gasteiger partial charge >= 0.3 is 0 Å². The van der Waals surface area contributed by atoms with Gasteiger partial charge in [-0.1, -0.05) is 23.2 Å². The van der Waals surface area contributed by atoms with Gasteiger partial charge < -0.3 is 0 Å². The van der Waals surface area contributed by atoms with Gasteiger partial charge in [0.1, 0.15) is 0 Å². The average Bonchev–Trinajstić information content (AvgIpc) is 1.85. The molecule has 0 aliphatic heterocycles. The highest BCUT2D eigenvalue weighted by atomic mass is 127. The van der Waals surface area contributed by atoms with Crippen molar-refractivity contribution in [2.24, 2.45) is 0 Å². The molecule has 0 bridgehead atoms. The lowest BCUT2D eigenvalue weighted by molar-refractivity contribution is 0.112. The number of halogens is 3. The van der Waals surface area contributed by atoms with Crippen LogP contribution in [0.3, 0.4) is 0 Å². The van der Waals surface area contributed by atoms with E-state index >= 15 is 0 Å². The molecular weight excluding hydrogens is 298 g/mol. The Labute approximate surface area is 87.8 Å². The van der Waals surface area contributed by atoms with Crippen LogP contribution >= 0.6 is 45.8 Å². The first-order valence-electron chi connectivity index (χ1n) is 2.75. The molecule has 0 saturated carbocycles. The molecule has 0 fully saturated rings. The first-order chi connectivity index (χ1) is 5.15. The normalized spacial score (nSPS) is 9.73. The zero-order valence-corrected chi connectivity index (χ0v) is 8.94. The predicted octanol–water partition coefficient (Wildman–Crippen LogP) is 3.41. The first kappa shape index (κ1) is 9.29. The quantitative estimate of drug-likeness (QED) is 0.574. The molecule has 1 aromatic rings. The Morgan fingerprint density at radius 2 is 2.00 bits per heavy atom. The number of aldehydes is 1. The van der Waals surface area contributed by atoms with Crippen molar-refractivity contribution in [2.45, 2.75) is 0 Å². The minimum absolute atomic E-state index is 0.400. The molecule has 0 saturated heterocycles. The van der Waals surface area contributed by atoms with Gasteiger partial charge in [-0.05, 0) is 34.7 Å². The van der Waals surface area contributed by atoms with Crippen molar-refractivity contribution < 1.29 is 4.79 Å². The minimum Gasteiger partial charge on any atom is -0.298 e. The van der Waals surface area contributed by atoms with E-state index in [0.717, 1.165) is 9.86 Å². The van der Waals surface area contributed by atoms with E-state index in [4.69, 9.17) is 23.2 Å². The third-order valence-corrected chi connectivity index (χ3v) is 2.59. The molecule has 0 radical (unpaired) electrons. The Kier molecular flexibility index (Phi) is 3.16. The molecule has 1 nitrogen and oxygen atoms in total. The van der Waals surface area contributed by atoms with E-state index < -0.39 is 0 Å². The molecule has 0 aliphatic rings. The summed E-state index contributed by atoms with van der Waals surface area (Å²) in [5.41, 5.74) is 0.497. The van der Waals surface area contributed by atoms with Crippen LogP contribution in [-0.4, -0.2) is 6.29 Å². The van der Waals surface area contributed by atoms with Gasteiger partial charge in [0, 0.05) is 14.2 Å². The Morgan fingerprint density at radius 1 is 1.36 bits per heavy atom. The summed E-state index contributed by atoms with van der Waals surface area (Å²) in [6.45, 7) is 0. The number of carbonyl (C=O) groups is 1. The molecule has 0 N–H and O–H groups in total. The monoisotopic (exact) mass is 300 g/mol.